The first-order chi connectivity index (χ1) is 7.13. The second kappa shape index (κ2) is 3.20. The number of hydrogen-bond acceptors (Lipinski definition) is 5. The first kappa shape index (κ1) is 9.40. The molecule has 1 heterocycles. The number of anilines is 1. The Morgan fingerprint density at radius 2 is 2.20 bits per heavy atom. The summed E-state index contributed by atoms with van der Waals surface area (Å²) in [6, 6.07) is 1.70. The van der Waals surface area contributed by atoms with Gasteiger partial charge in [0.1, 0.15) is 23.3 Å². The normalized spacial score (nSPS) is 14.6. The Morgan fingerprint density at radius 3 is 2.67 bits per heavy atom. The maximum absolute atomic E-state index is 10.8. The third kappa shape index (κ3) is 1.59. The number of nitrogen functional groups attached to an aromatic ring is 1. The number of nitrogens with zero attached hydrogens (tertiary/aromatic N) is 3. The number of hydrogen-bond donors (Lipinski definition) is 2. The van der Waals surface area contributed by atoms with Crippen LogP contribution in [0, 0.1) is 11.3 Å². The Balaban J connectivity index is 2.58. The molecule has 0 saturated heterocycles. The molecule has 1 saturated carbocycles. The number of aromatic nitrogens is 2. The molecule has 0 aromatic carbocycles. The van der Waals surface area contributed by atoms with E-state index >= 15 is 0 Å². The van der Waals surface area contributed by atoms with Crippen molar-refractivity contribution in [1.29, 1.82) is 5.26 Å². The van der Waals surface area contributed by atoms with Crippen LogP contribution in [-0.4, -0.2) is 21.0 Å². The second-order valence-electron chi connectivity index (χ2n) is 3.38. The van der Waals surface area contributed by atoms with Crippen LogP contribution in [0.15, 0.2) is 0 Å². The van der Waals surface area contributed by atoms with Crippen LogP contribution in [0.25, 0.3) is 0 Å². The molecule has 0 unspecified atom stereocenters. The van der Waals surface area contributed by atoms with Crippen LogP contribution >= 0.6 is 0 Å². The predicted octanol–water partition coefficient (Wildman–Crippen LogP) is 0.506. The summed E-state index contributed by atoms with van der Waals surface area (Å²) in [7, 11) is 0. The molecular formula is C9H8N4O2. The van der Waals surface area contributed by atoms with Gasteiger partial charge in [0.2, 0.25) is 0 Å². The SMILES string of the molecule is N#Cc1c(N)nc(C2CC2)nc1C(=O)O. The summed E-state index contributed by atoms with van der Waals surface area (Å²) in [5, 5.41) is 17.6. The van der Waals surface area contributed by atoms with E-state index in [1.54, 1.807) is 6.07 Å². The Bertz CT molecular complexity index is 474. The van der Waals surface area contributed by atoms with Gasteiger partial charge in [-0.25, -0.2) is 14.8 Å². The predicted molar refractivity (Wildman–Crippen MR) is 50.1 cm³/mol. The van der Waals surface area contributed by atoms with Crippen LogP contribution in [0.4, 0.5) is 5.82 Å². The average molecular weight is 204 g/mol. The molecule has 15 heavy (non-hydrogen) atoms. The van der Waals surface area contributed by atoms with Gasteiger partial charge in [0.25, 0.3) is 0 Å². The van der Waals surface area contributed by atoms with E-state index in [1.165, 1.54) is 0 Å². The van der Waals surface area contributed by atoms with E-state index in [2.05, 4.69) is 9.97 Å². The van der Waals surface area contributed by atoms with E-state index in [-0.39, 0.29) is 23.0 Å². The van der Waals surface area contributed by atoms with E-state index in [0.29, 0.717) is 5.82 Å². The summed E-state index contributed by atoms with van der Waals surface area (Å²) in [5.41, 5.74) is 5.04. The van der Waals surface area contributed by atoms with Gasteiger partial charge in [-0.05, 0) is 12.8 Å². The molecule has 0 aliphatic heterocycles. The molecular weight excluding hydrogens is 196 g/mol. The minimum absolute atomic E-state index is 0.0493. The summed E-state index contributed by atoms with van der Waals surface area (Å²) in [6.07, 6.45) is 1.90. The molecule has 1 aromatic heterocycles. The Labute approximate surface area is 85.4 Å². The zero-order chi connectivity index (χ0) is 11.0. The lowest BCUT2D eigenvalue weighted by molar-refractivity contribution is 0.0689. The van der Waals surface area contributed by atoms with Crippen LogP contribution < -0.4 is 5.73 Å². The van der Waals surface area contributed by atoms with Crippen molar-refractivity contribution in [1.82, 2.24) is 9.97 Å². The summed E-state index contributed by atoms with van der Waals surface area (Å²) in [4.78, 5) is 18.6. The molecule has 1 aliphatic carbocycles. The molecule has 0 radical (unpaired) electrons. The molecule has 2 rings (SSSR count). The Kier molecular flexibility index (Phi) is 2.01. The highest BCUT2D eigenvalue weighted by atomic mass is 16.4. The molecule has 3 N–H and O–H groups in total. The number of nitriles is 1. The molecule has 6 nitrogen and oxygen atoms in total. The van der Waals surface area contributed by atoms with Crippen LogP contribution in [0.2, 0.25) is 0 Å². The highest BCUT2D eigenvalue weighted by Gasteiger charge is 2.29. The summed E-state index contributed by atoms with van der Waals surface area (Å²) < 4.78 is 0. The number of aromatic carboxylic acids is 1. The van der Waals surface area contributed by atoms with Crippen LogP contribution in [0.5, 0.6) is 0 Å². The molecule has 0 bridgehead atoms. The van der Waals surface area contributed by atoms with Crippen molar-refractivity contribution in [2.75, 3.05) is 5.73 Å². The molecule has 1 fully saturated rings. The first-order valence-corrected chi connectivity index (χ1v) is 4.44. The maximum atomic E-state index is 10.8. The van der Waals surface area contributed by atoms with E-state index < -0.39 is 5.97 Å². The van der Waals surface area contributed by atoms with E-state index in [1.807, 2.05) is 0 Å². The smallest absolute Gasteiger partial charge is 0.356 e. The fourth-order valence-electron chi connectivity index (χ4n) is 1.29. The van der Waals surface area contributed by atoms with Crippen molar-refractivity contribution in [2.45, 2.75) is 18.8 Å². The zero-order valence-corrected chi connectivity index (χ0v) is 7.77. The van der Waals surface area contributed by atoms with Crippen molar-refractivity contribution in [3.05, 3.63) is 17.1 Å². The standard InChI is InChI=1S/C9H8N4O2/c10-3-5-6(9(14)15)12-8(4-1-2-4)13-7(5)11/h4H,1-2H2,(H,14,15)(H2,11,12,13). The second-order valence-corrected chi connectivity index (χ2v) is 3.38. The summed E-state index contributed by atoms with van der Waals surface area (Å²) in [5.74, 6) is -0.656. The fraction of sp³-hybridized carbons (Fsp3) is 0.333. The highest BCUT2D eigenvalue weighted by Crippen LogP contribution is 2.38. The van der Waals surface area contributed by atoms with Gasteiger partial charge in [-0.15, -0.1) is 0 Å². The van der Waals surface area contributed by atoms with E-state index in [0.717, 1.165) is 12.8 Å². The Morgan fingerprint density at radius 1 is 1.53 bits per heavy atom. The third-order valence-electron chi connectivity index (χ3n) is 2.21. The van der Waals surface area contributed by atoms with Gasteiger partial charge in [-0.1, -0.05) is 0 Å². The number of carbonyl (C=O) groups is 1. The van der Waals surface area contributed by atoms with Crippen molar-refractivity contribution >= 4 is 11.8 Å². The number of carboxylic acids is 1. The zero-order valence-electron chi connectivity index (χ0n) is 7.77. The number of carboxylic acid groups (broad SMARTS) is 1. The van der Waals surface area contributed by atoms with Crippen molar-refractivity contribution < 1.29 is 9.90 Å². The first-order valence-electron chi connectivity index (χ1n) is 4.44. The largest absolute Gasteiger partial charge is 0.476 e. The van der Waals surface area contributed by atoms with Gasteiger partial charge < -0.3 is 10.8 Å². The molecule has 6 heteroatoms. The molecule has 1 aliphatic rings. The molecule has 76 valence electrons. The van der Waals surface area contributed by atoms with Crippen molar-refractivity contribution in [2.24, 2.45) is 0 Å². The van der Waals surface area contributed by atoms with Crippen LogP contribution in [0.1, 0.15) is 40.6 Å². The quantitative estimate of drug-likeness (QED) is 0.725. The monoisotopic (exact) mass is 204 g/mol. The maximum Gasteiger partial charge on any atom is 0.356 e. The molecule has 0 atom stereocenters. The van der Waals surface area contributed by atoms with Gasteiger partial charge in [0, 0.05) is 5.92 Å². The minimum Gasteiger partial charge on any atom is -0.476 e. The lowest BCUT2D eigenvalue weighted by atomic mass is 10.2. The van der Waals surface area contributed by atoms with Gasteiger partial charge in [0.15, 0.2) is 5.69 Å². The highest BCUT2D eigenvalue weighted by molar-refractivity contribution is 5.89. The average Bonchev–Trinajstić information content (AvgIpc) is 2.99. The fourth-order valence-corrected chi connectivity index (χ4v) is 1.29. The lowest BCUT2D eigenvalue weighted by Crippen LogP contribution is -2.11. The van der Waals surface area contributed by atoms with Gasteiger partial charge in [-0.3, -0.25) is 0 Å². The van der Waals surface area contributed by atoms with Crippen molar-refractivity contribution in [3.63, 3.8) is 0 Å². The van der Waals surface area contributed by atoms with Crippen molar-refractivity contribution in [3.8, 4) is 6.07 Å². The number of rotatable bonds is 2. The summed E-state index contributed by atoms with van der Waals surface area (Å²) >= 11 is 0. The topological polar surface area (TPSA) is 113 Å². The van der Waals surface area contributed by atoms with E-state index in [9.17, 15) is 4.79 Å². The Hall–Kier alpha value is -2.16. The molecule has 1 aromatic rings. The lowest BCUT2D eigenvalue weighted by Gasteiger charge is -2.03. The van der Waals surface area contributed by atoms with Gasteiger partial charge in [-0.2, -0.15) is 5.26 Å². The summed E-state index contributed by atoms with van der Waals surface area (Å²) in [6.45, 7) is 0. The third-order valence-corrected chi connectivity index (χ3v) is 2.21. The molecule has 0 spiro atoms. The van der Waals surface area contributed by atoms with Crippen LogP contribution in [0.3, 0.4) is 0 Å². The minimum atomic E-state index is -1.25. The van der Waals surface area contributed by atoms with Gasteiger partial charge in [0.05, 0.1) is 0 Å². The van der Waals surface area contributed by atoms with E-state index in [4.69, 9.17) is 16.1 Å². The molecule has 0 amide bonds. The van der Waals surface area contributed by atoms with Crippen LogP contribution in [-0.2, 0) is 0 Å². The van der Waals surface area contributed by atoms with Gasteiger partial charge >= 0.3 is 5.97 Å². The number of nitrogens with two attached hydrogens (primary N) is 1.